The summed E-state index contributed by atoms with van der Waals surface area (Å²) in [5, 5.41) is 363. The Morgan fingerprint density at radius 3 is 0.903 bits per heavy atom. The summed E-state index contributed by atoms with van der Waals surface area (Å²) < 4.78 is 118. The van der Waals surface area contributed by atoms with Crippen LogP contribution in [-0.4, -0.2) is 609 Å². The number of hydrogen-bond donors (Lipinski definition) is 37. The highest BCUT2D eigenvalue weighted by Gasteiger charge is 2.66. The lowest BCUT2D eigenvalue weighted by Crippen LogP contribution is -2.71. The number of rotatable bonds is 45. The minimum Gasteiger partial charge on any atom is -0.477 e. The normalized spacial score (nSPS) is 44.7. The van der Waals surface area contributed by atoms with E-state index in [-0.39, 0.29) is 6.41 Å². The molecule has 0 aliphatic carbocycles. The lowest BCUT2D eigenvalue weighted by atomic mass is 9.88. The highest BCUT2D eigenvalue weighted by molar-refractivity contribution is 5.78. The molecule has 6 amide bonds. The van der Waals surface area contributed by atoms with E-state index in [1.807, 2.05) is 0 Å². The molecule has 0 aromatic rings. The van der Waals surface area contributed by atoms with E-state index in [0.717, 1.165) is 34.6 Å². The molecular weight excluding hydrogens is 1990 g/mol. The first kappa shape index (κ1) is 121. The number of carboxylic acid groups (broad SMARTS) is 2. The Balaban J connectivity index is 0.960. The molecule has 0 aromatic carbocycles. The van der Waals surface area contributed by atoms with Gasteiger partial charge in [-0.3, -0.25) is 28.8 Å². The summed E-state index contributed by atoms with van der Waals surface area (Å²) in [6.07, 6.45) is -104. The molecule has 0 spiro atoms. The topological polar surface area (TPSA) is 1020 Å². The van der Waals surface area contributed by atoms with Crippen molar-refractivity contribution in [3.8, 4) is 0 Å². The van der Waals surface area contributed by atoms with Crippen LogP contribution in [0.4, 0.5) is 0 Å². The Bertz CT molecular complexity index is 4120. The molecule has 10 heterocycles. The quantitative estimate of drug-likeness (QED) is 0.0252. The van der Waals surface area contributed by atoms with E-state index in [1.54, 1.807) is 0 Å². The van der Waals surface area contributed by atoms with Gasteiger partial charge in [0, 0.05) is 47.5 Å². The van der Waals surface area contributed by atoms with Crippen LogP contribution in [0.15, 0.2) is 0 Å². The Labute approximate surface area is 819 Å². The van der Waals surface area contributed by atoms with Crippen LogP contribution < -0.4 is 31.9 Å². The van der Waals surface area contributed by atoms with Crippen molar-refractivity contribution in [3.63, 3.8) is 0 Å². The zero-order chi connectivity index (χ0) is 107. The summed E-state index contributed by atoms with van der Waals surface area (Å²) in [5.74, 6) is -16.1. The fourth-order valence-electron chi connectivity index (χ4n) is 18.4. The molecule has 145 heavy (non-hydrogen) atoms. The number of aliphatic hydroxyl groups is 29. The lowest BCUT2D eigenvalue weighted by Gasteiger charge is -2.52. The van der Waals surface area contributed by atoms with Crippen molar-refractivity contribution < 1.29 is 291 Å². The van der Waals surface area contributed by atoms with Crippen molar-refractivity contribution in [2.75, 3.05) is 79.3 Å². The highest BCUT2D eigenvalue weighted by Crippen LogP contribution is 2.45. The molecular formula is C80H132N6O59. The largest absolute Gasteiger partial charge is 0.477 e. The van der Waals surface area contributed by atoms with Gasteiger partial charge in [-0.2, -0.15) is 0 Å². The lowest BCUT2D eigenvalue weighted by molar-refractivity contribution is -0.394. The molecule has 0 bridgehead atoms. The summed E-state index contributed by atoms with van der Waals surface area (Å²) in [6, 6.07) is -11.1. The Morgan fingerprint density at radius 2 is 0.593 bits per heavy atom. The van der Waals surface area contributed by atoms with Crippen molar-refractivity contribution in [2.45, 2.75) is 371 Å². The van der Waals surface area contributed by atoms with Gasteiger partial charge < -0.3 is 285 Å². The maximum atomic E-state index is 13.4. The van der Waals surface area contributed by atoms with Gasteiger partial charge in [-0.1, -0.05) is 0 Å². The van der Waals surface area contributed by atoms with Gasteiger partial charge >= 0.3 is 11.9 Å². The van der Waals surface area contributed by atoms with E-state index < -0.39 is 458 Å². The first-order valence-corrected chi connectivity index (χ1v) is 45.6. The van der Waals surface area contributed by atoms with E-state index in [2.05, 4.69) is 31.9 Å². The van der Waals surface area contributed by atoms with E-state index in [0.29, 0.717) is 0 Å². The van der Waals surface area contributed by atoms with Gasteiger partial charge in [0.2, 0.25) is 35.9 Å². The molecule has 10 fully saturated rings. The maximum Gasteiger partial charge on any atom is 0.364 e. The molecule has 0 unspecified atom stereocenters. The number of amides is 6. The van der Waals surface area contributed by atoms with Crippen LogP contribution in [0.3, 0.4) is 0 Å². The molecule has 0 aromatic heterocycles. The second kappa shape index (κ2) is 52.9. The molecule has 10 rings (SSSR count). The zero-order valence-electron chi connectivity index (χ0n) is 77.7. The van der Waals surface area contributed by atoms with Crippen LogP contribution in [0, 0.1) is 0 Å². The van der Waals surface area contributed by atoms with Gasteiger partial charge in [0.05, 0.1) is 110 Å². The van der Waals surface area contributed by atoms with Gasteiger partial charge in [-0.25, -0.2) is 9.59 Å². The van der Waals surface area contributed by atoms with Gasteiger partial charge in [0.15, 0.2) is 50.3 Å². The minimum atomic E-state index is -3.36. The number of aliphatic hydroxyl groups excluding tert-OH is 29. The summed E-state index contributed by atoms with van der Waals surface area (Å²) in [4.78, 5) is 102. The molecule has 37 N–H and O–H groups in total. The molecule has 10 aliphatic rings. The molecule has 65 nitrogen and oxygen atoms in total. The second-order valence-electron chi connectivity index (χ2n) is 36.0. The van der Waals surface area contributed by atoms with Gasteiger partial charge in [-0.15, -0.1) is 0 Å². The number of carbonyl (C=O) groups excluding carboxylic acids is 6. The molecule has 65 heteroatoms. The number of aliphatic carboxylic acids is 2. The fourth-order valence-corrected chi connectivity index (χ4v) is 18.4. The molecule has 836 valence electrons. The number of carbonyl (C=O) groups is 8. The first-order valence-electron chi connectivity index (χ1n) is 45.6. The van der Waals surface area contributed by atoms with Crippen molar-refractivity contribution in [1.82, 2.24) is 31.9 Å². The predicted octanol–water partition coefficient (Wildman–Crippen LogP) is -24.5. The smallest absolute Gasteiger partial charge is 0.364 e. The SMILES string of the molecule is CC(=O)N[C@H]1[C@H](OC[C@H]2O[C@@H](O[C@H]3[C@H](O)[C@@H](NC(C)=O)[C@H](O[C@H]4[C@@H](O)[C@@H](CO)O[C@@H](O[C@H]5[C@H](O)[C@@H](O)[C@H](OC[C@@H](CO)NC=O)O[C@@H]5CO)[C@@H]4O)O[C@@H]3CO)[C@H](O)[C@@H](O[C@H]3O[C@H](CO)[C@@H](O[C@@H]4O[C@H](CO)[C@H](O)[C@H](O[C@]5(C(=O)O)C[C@H](O)[C@@H](NC(C)=O)[C@H]([C@H](O)[C@H](O)CO)O5)[C@H]4O)[C@H](O)[C@H]3NC(C)=O)[C@H]2O)O[C@H](CO)[C@@H](O[C@@H]2O[C@H](CO)[C@H](O)[C@H](O[C@]3(C(=O)O)C[C@H](O)[C@@H](NC(C)=O)[C@H]([C@H](O)[C@H](O)CO)O3)[C@H]2O)[C@@H]1O. The highest BCUT2D eigenvalue weighted by atomic mass is 16.8. The summed E-state index contributed by atoms with van der Waals surface area (Å²) in [5.41, 5.74) is 0. The predicted molar refractivity (Wildman–Crippen MR) is 446 cm³/mol. The van der Waals surface area contributed by atoms with E-state index in [9.17, 15) is 197 Å². The maximum absolute atomic E-state index is 13.4. The molecule has 53 atom stereocenters. The Kier molecular flexibility index (Phi) is 44.0. The van der Waals surface area contributed by atoms with E-state index >= 15 is 0 Å². The zero-order valence-corrected chi connectivity index (χ0v) is 77.7. The van der Waals surface area contributed by atoms with Crippen LogP contribution in [-0.2, 0) is 133 Å². The molecule has 0 radical (unpaired) electrons. The first-order chi connectivity index (χ1) is 68.4. The minimum absolute atomic E-state index is 0.220. The standard InChI is InChI=1S/C80H132N6O59/c1-21(98)82-39-27(103)6-79(77(122)123,142-63(39)44(107)29(105)9-88)144-67-47(110)32(12-91)129-75(57(67)120)137-59-34(14-93)131-69(41(50(59)113)84-23(3)100)127-19-38-49(112)66(141-71-43(86-25(5)102)52(115)61(36(16-95)133-71)138-76-58(121)68(48(111)33(13-92)130-76)145-80(78(124)125)7-28(104)40(83-22(2)99)64(143-80)45(108)30(106)10-89)56(119)74(135-38)136-60-35(15-94)132-70(42(51(60)114)85-24(4)101)140-65-46(109)31(11-90)128-73(55(65)118)139-62-37(17-96)134-72(54(117)53(62)116)126-18-26(8-87)81-20-97/h20,26-76,87-96,103-121H,6-19H2,1-5H3,(H,81,97)(H,82,98)(H,83,99)(H,84,100)(H,85,101)(H,86,102)(H,122,123)(H,124,125)/t26-,27+,28+,29-,30-,31-,32-,33-,34-,35-,36-,37-,38-,39-,40-,41-,42-,43-,44-,45-,46+,47+,48+,49+,50-,51-,52-,53-,54-,55-,56-,57-,58-,59-,60-,61-,62-,63-,64-,65+,66+,67+,68+,69-,70+,71-,72-,73+,74+,75+,76+,79+,80+/m1/s1. The fraction of sp³-hybridized carbons (Fsp3) is 0.900. The third kappa shape index (κ3) is 27.4. The number of carboxylic acids is 2. The summed E-state index contributed by atoms with van der Waals surface area (Å²) in [7, 11) is 0. The van der Waals surface area contributed by atoms with E-state index in [4.69, 9.17) is 94.7 Å². The third-order valence-electron chi connectivity index (χ3n) is 25.8. The van der Waals surface area contributed by atoms with Crippen LogP contribution in [0.1, 0.15) is 47.5 Å². The average Bonchev–Trinajstić information content (AvgIpc) is 0.747. The summed E-state index contributed by atoms with van der Waals surface area (Å²) in [6.45, 7) is -9.33. The van der Waals surface area contributed by atoms with Crippen LogP contribution in [0.25, 0.3) is 0 Å². The third-order valence-corrected chi connectivity index (χ3v) is 25.8. The monoisotopic (exact) mass is 2120 g/mol. The van der Waals surface area contributed by atoms with Gasteiger partial charge in [0.1, 0.15) is 232 Å². The number of ether oxygens (including phenoxy) is 20. The van der Waals surface area contributed by atoms with Gasteiger partial charge in [-0.05, 0) is 0 Å². The van der Waals surface area contributed by atoms with E-state index in [1.165, 1.54) is 0 Å². The van der Waals surface area contributed by atoms with Crippen LogP contribution in [0.5, 0.6) is 0 Å². The molecule has 10 aliphatic heterocycles. The second-order valence-corrected chi connectivity index (χ2v) is 36.0. The number of hydrogen-bond acceptors (Lipinski definition) is 57. The molecule has 0 saturated carbocycles. The van der Waals surface area contributed by atoms with Crippen molar-refractivity contribution >= 4 is 47.9 Å². The van der Waals surface area contributed by atoms with Crippen molar-refractivity contribution in [3.05, 3.63) is 0 Å². The molecule has 10 saturated heterocycles. The number of nitrogens with one attached hydrogen (secondary N) is 6. The van der Waals surface area contributed by atoms with Gasteiger partial charge in [0.25, 0.3) is 11.6 Å². The van der Waals surface area contributed by atoms with Crippen LogP contribution >= 0.6 is 0 Å². The summed E-state index contributed by atoms with van der Waals surface area (Å²) >= 11 is 0. The van der Waals surface area contributed by atoms with Crippen molar-refractivity contribution in [2.24, 2.45) is 0 Å². The average molecular weight is 2120 g/mol. The Morgan fingerprint density at radius 1 is 0.317 bits per heavy atom. The van der Waals surface area contributed by atoms with Crippen LogP contribution in [0.2, 0.25) is 0 Å². The Hall–Kier alpha value is -6.20. The van der Waals surface area contributed by atoms with Crippen molar-refractivity contribution in [1.29, 1.82) is 0 Å².